The second kappa shape index (κ2) is 6.81. The van der Waals surface area contributed by atoms with Crippen LogP contribution < -0.4 is 0 Å². The molecule has 1 atom stereocenters. The molecule has 0 saturated heterocycles. The average molecular weight is 231 g/mol. The van der Waals surface area contributed by atoms with E-state index in [1.54, 1.807) is 6.92 Å². The molecule has 0 aromatic carbocycles. The molecular weight excluding hydrogens is 214 g/mol. The minimum atomic E-state index is -1.13. The topological polar surface area (TPSA) is 94.9 Å². The van der Waals surface area contributed by atoms with Crippen molar-refractivity contribution >= 4 is 17.8 Å². The van der Waals surface area contributed by atoms with Crippen LogP contribution in [0.4, 0.5) is 0 Å². The lowest BCUT2D eigenvalue weighted by molar-refractivity contribution is -0.150. The second-order valence-corrected chi connectivity index (χ2v) is 3.50. The molecule has 0 aliphatic rings. The van der Waals surface area contributed by atoms with Gasteiger partial charge in [0.1, 0.15) is 6.04 Å². The third-order valence-corrected chi connectivity index (χ3v) is 2.18. The maximum absolute atomic E-state index is 11.6. The van der Waals surface area contributed by atoms with Crippen molar-refractivity contribution in [2.75, 3.05) is 6.54 Å². The molecule has 0 bridgehead atoms. The molecule has 0 spiro atoms. The quantitative estimate of drug-likeness (QED) is 0.667. The fourth-order valence-corrected chi connectivity index (χ4v) is 1.24. The summed E-state index contributed by atoms with van der Waals surface area (Å²) >= 11 is 0. The van der Waals surface area contributed by atoms with Crippen LogP contribution in [-0.2, 0) is 14.4 Å². The summed E-state index contributed by atoms with van der Waals surface area (Å²) < 4.78 is 0. The lowest BCUT2D eigenvalue weighted by Gasteiger charge is -2.25. The highest BCUT2D eigenvalue weighted by Crippen LogP contribution is 2.05. The number of hydrogen-bond donors (Lipinski definition) is 2. The smallest absolute Gasteiger partial charge is 0.326 e. The Bertz CT molecular complexity index is 276. The van der Waals surface area contributed by atoms with Crippen LogP contribution >= 0.6 is 0 Å². The third-order valence-electron chi connectivity index (χ3n) is 2.18. The predicted octanol–water partition coefficient (Wildman–Crippen LogP) is 0.563. The minimum absolute atomic E-state index is 0.0678. The summed E-state index contributed by atoms with van der Waals surface area (Å²) in [5.74, 6) is -2.50. The number of carboxylic acid groups (broad SMARTS) is 2. The SMILES string of the molecule is CCCC(=O)N(CCC(=O)O)[C@@H](C)C(=O)O. The number of aliphatic carboxylic acids is 2. The van der Waals surface area contributed by atoms with Gasteiger partial charge in [-0.15, -0.1) is 0 Å². The number of carbonyl (C=O) groups is 3. The Balaban J connectivity index is 4.55. The molecule has 0 aromatic rings. The number of nitrogens with zero attached hydrogens (tertiary/aromatic N) is 1. The van der Waals surface area contributed by atoms with Crippen molar-refractivity contribution in [1.29, 1.82) is 0 Å². The standard InChI is InChI=1S/C10H17NO5/c1-3-4-8(12)11(6-5-9(13)14)7(2)10(15)16/h7H,3-6H2,1-2H3,(H,13,14)(H,15,16)/t7-/m0/s1. The average Bonchev–Trinajstić information content (AvgIpc) is 2.17. The second-order valence-electron chi connectivity index (χ2n) is 3.50. The minimum Gasteiger partial charge on any atom is -0.481 e. The van der Waals surface area contributed by atoms with E-state index in [-0.39, 0.29) is 25.3 Å². The third kappa shape index (κ3) is 4.77. The Morgan fingerprint density at radius 3 is 2.12 bits per heavy atom. The van der Waals surface area contributed by atoms with Crippen molar-refractivity contribution in [1.82, 2.24) is 4.90 Å². The Kier molecular flexibility index (Phi) is 6.14. The first kappa shape index (κ1) is 14.4. The summed E-state index contributed by atoms with van der Waals surface area (Å²) in [5.41, 5.74) is 0. The van der Waals surface area contributed by atoms with Crippen molar-refractivity contribution in [3.8, 4) is 0 Å². The molecule has 6 heteroatoms. The summed E-state index contributed by atoms with van der Waals surface area (Å²) in [6.07, 6.45) is 0.596. The van der Waals surface area contributed by atoms with Crippen LogP contribution in [-0.4, -0.2) is 45.5 Å². The van der Waals surface area contributed by atoms with Gasteiger partial charge in [0.25, 0.3) is 0 Å². The van der Waals surface area contributed by atoms with Gasteiger partial charge in [0, 0.05) is 13.0 Å². The van der Waals surface area contributed by atoms with Gasteiger partial charge in [0.2, 0.25) is 5.91 Å². The lowest BCUT2D eigenvalue weighted by Crippen LogP contribution is -2.44. The summed E-state index contributed by atoms with van der Waals surface area (Å²) in [7, 11) is 0. The van der Waals surface area contributed by atoms with Crippen molar-refractivity contribution in [2.24, 2.45) is 0 Å². The highest BCUT2D eigenvalue weighted by Gasteiger charge is 2.24. The summed E-state index contributed by atoms with van der Waals surface area (Å²) in [6.45, 7) is 3.11. The zero-order valence-corrected chi connectivity index (χ0v) is 9.47. The summed E-state index contributed by atoms with van der Waals surface area (Å²) in [5, 5.41) is 17.3. The number of amides is 1. The van der Waals surface area contributed by atoms with E-state index in [9.17, 15) is 14.4 Å². The Hall–Kier alpha value is -1.59. The summed E-state index contributed by atoms with van der Waals surface area (Å²) in [6, 6.07) is -0.988. The number of hydrogen-bond acceptors (Lipinski definition) is 3. The zero-order valence-electron chi connectivity index (χ0n) is 9.47. The van der Waals surface area contributed by atoms with Crippen LogP contribution in [0.1, 0.15) is 33.1 Å². The Labute approximate surface area is 93.9 Å². The van der Waals surface area contributed by atoms with Gasteiger partial charge in [-0.2, -0.15) is 0 Å². The van der Waals surface area contributed by atoms with Gasteiger partial charge in [-0.3, -0.25) is 9.59 Å². The first-order chi connectivity index (χ1) is 7.40. The highest BCUT2D eigenvalue weighted by molar-refractivity contribution is 5.83. The Morgan fingerprint density at radius 1 is 1.19 bits per heavy atom. The van der Waals surface area contributed by atoms with Gasteiger partial charge in [0.05, 0.1) is 6.42 Å². The van der Waals surface area contributed by atoms with Crippen LogP contribution in [0.25, 0.3) is 0 Å². The molecule has 16 heavy (non-hydrogen) atoms. The van der Waals surface area contributed by atoms with Gasteiger partial charge < -0.3 is 15.1 Å². The molecule has 0 aliphatic heterocycles. The van der Waals surface area contributed by atoms with Gasteiger partial charge >= 0.3 is 11.9 Å². The molecule has 92 valence electrons. The van der Waals surface area contributed by atoms with Crippen molar-refractivity contribution in [2.45, 2.75) is 39.2 Å². The van der Waals surface area contributed by atoms with E-state index in [0.717, 1.165) is 4.90 Å². The van der Waals surface area contributed by atoms with E-state index in [0.29, 0.717) is 6.42 Å². The molecule has 0 heterocycles. The number of carboxylic acids is 2. The van der Waals surface area contributed by atoms with E-state index < -0.39 is 18.0 Å². The van der Waals surface area contributed by atoms with Crippen molar-refractivity contribution in [3.05, 3.63) is 0 Å². The number of carbonyl (C=O) groups excluding carboxylic acids is 1. The molecule has 0 unspecified atom stereocenters. The largest absolute Gasteiger partial charge is 0.481 e. The van der Waals surface area contributed by atoms with Gasteiger partial charge in [-0.25, -0.2) is 4.79 Å². The van der Waals surface area contributed by atoms with Crippen LogP contribution in [0, 0.1) is 0 Å². The van der Waals surface area contributed by atoms with E-state index >= 15 is 0 Å². The maximum atomic E-state index is 11.6. The van der Waals surface area contributed by atoms with Crippen molar-refractivity contribution in [3.63, 3.8) is 0 Å². The molecule has 0 rings (SSSR count). The van der Waals surface area contributed by atoms with Crippen LogP contribution in [0.2, 0.25) is 0 Å². The fraction of sp³-hybridized carbons (Fsp3) is 0.700. The van der Waals surface area contributed by atoms with Gasteiger partial charge in [-0.05, 0) is 13.3 Å². The summed E-state index contributed by atoms with van der Waals surface area (Å²) in [4.78, 5) is 33.8. The molecule has 0 radical (unpaired) electrons. The fourth-order valence-electron chi connectivity index (χ4n) is 1.24. The Morgan fingerprint density at radius 2 is 1.75 bits per heavy atom. The molecule has 0 aliphatic carbocycles. The zero-order chi connectivity index (χ0) is 12.7. The van der Waals surface area contributed by atoms with E-state index in [1.807, 2.05) is 0 Å². The van der Waals surface area contributed by atoms with Gasteiger partial charge in [0.15, 0.2) is 0 Å². The molecular formula is C10H17NO5. The van der Waals surface area contributed by atoms with Crippen LogP contribution in [0.3, 0.4) is 0 Å². The molecule has 6 nitrogen and oxygen atoms in total. The first-order valence-corrected chi connectivity index (χ1v) is 5.14. The van der Waals surface area contributed by atoms with Crippen molar-refractivity contribution < 1.29 is 24.6 Å². The van der Waals surface area contributed by atoms with E-state index in [4.69, 9.17) is 10.2 Å². The first-order valence-electron chi connectivity index (χ1n) is 5.14. The van der Waals surface area contributed by atoms with Crippen LogP contribution in [0.5, 0.6) is 0 Å². The molecule has 0 aromatic heterocycles. The lowest BCUT2D eigenvalue weighted by atomic mass is 10.2. The monoisotopic (exact) mass is 231 g/mol. The van der Waals surface area contributed by atoms with E-state index in [1.165, 1.54) is 6.92 Å². The molecule has 0 fully saturated rings. The van der Waals surface area contributed by atoms with Gasteiger partial charge in [-0.1, -0.05) is 6.92 Å². The maximum Gasteiger partial charge on any atom is 0.326 e. The molecule has 1 amide bonds. The highest BCUT2D eigenvalue weighted by atomic mass is 16.4. The molecule has 2 N–H and O–H groups in total. The number of rotatable bonds is 7. The van der Waals surface area contributed by atoms with Crippen LogP contribution in [0.15, 0.2) is 0 Å². The molecule has 0 saturated carbocycles. The van der Waals surface area contributed by atoms with E-state index in [2.05, 4.69) is 0 Å². The normalized spacial score (nSPS) is 11.9. The predicted molar refractivity (Wildman–Crippen MR) is 56.0 cm³/mol.